The Hall–Kier alpha value is -3.49. The van der Waals surface area contributed by atoms with Crippen molar-refractivity contribution in [3.8, 4) is 17.2 Å². The number of aromatic nitrogens is 5. The smallest absolute Gasteiger partial charge is 0.322 e. The topological polar surface area (TPSA) is 102 Å². The largest absolute Gasteiger partial charge is 0.494 e. The lowest BCUT2D eigenvalue weighted by Gasteiger charge is -2.02. The van der Waals surface area contributed by atoms with Crippen LogP contribution in [-0.2, 0) is 0 Å². The van der Waals surface area contributed by atoms with E-state index in [4.69, 9.17) is 9.15 Å². The van der Waals surface area contributed by atoms with Crippen molar-refractivity contribution in [3.63, 3.8) is 0 Å². The number of H-pyrrole nitrogens is 1. The maximum absolute atomic E-state index is 13.5. The van der Waals surface area contributed by atoms with Crippen LogP contribution in [0.25, 0.3) is 22.5 Å². The third-order valence-corrected chi connectivity index (χ3v) is 3.63. The Morgan fingerprint density at radius 3 is 2.92 bits per heavy atom. The summed E-state index contributed by atoms with van der Waals surface area (Å²) in [7, 11) is 1.39. The first-order valence-electron chi connectivity index (χ1n) is 7.40. The maximum atomic E-state index is 13.5. The maximum Gasteiger partial charge on any atom is 0.322 e. The third-order valence-electron chi connectivity index (χ3n) is 3.63. The zero-order valence-electron chi connectivity index (χ0n) is 13.4. The van der Waals surface area contributed by atoms with Crippen LogP contribution in [0, 0.1) is 12.7 Å². The van der Waals surface area contributed by atoms with Crippen LogP contribution in [0.15, 0.2) is 34.9 Å². The lowest BCUT2D eigenvalue weighted by atomic mass is 10.2. The van der Waals surface area contributed by atoms with Crippen LogP contribution in [0.4, 0.5) is 16.4 Å². The molecule has 0 saturated heterocycles. The number of nitrogens with one attached hydrogen (secondary N) is 2. The molecule has 8 nitrogen and oxygen atoms in total. The molecule has 0 saturated carbocycles. The van der Waals surface area contributed by atoms with Crippen molar-refractivity contribution in [2.24, 2.45) is 0 Å². The molecular formula is C16H13FN6O2. The van der Waals surface area contributed by atoms with E-state index in [0.717, 1.165) is 16.7 Å². The molecule has 0 unspecified atom stereocenters. The summed E-state index contributed by atoms with van der Waals surface area (Å²) in [6.07, 6.45) is 1.70. The number of anilines is 2. The molecule has 0 radical (unpaired) electrons. The van der Waals surface area contributed by atoms with Crippen LogP contribution in [0.2, 0.25) is 0 Å². The molecule has 25 heavy (non-hydrogen) atoms. The molecule has 0 bridgehead atoms. The van der Waals surface area contributed by atoms with Crippen LogP contribution in [0.1, 0.15) is 5.69 Å². The van der Waals surface area contributed by atoms with E-state index in [0.29, 0.717) is 11.5 Å². The number of halogens is 1. The number of benzene rings is 1. The minimum atomic E-state index is -0.463. The number of ether oxygens (including phenoxy) is 1. The predicted octanol–water partition coefficient (Wildman–Crippen LogP) is 3.21. The highest BCUT2D eigenvalue weighted by Gasteiger charge is 2.13. The molecule has 0 aliphatic rings. The van der Waals surface area contributed by atoms with Gasteiger partial charge in [-0.15, -0.1) is 5.10 Å². The van der Waals surface area contributed by atoms with Gasteiger partial charge in [-0.05, 0) is 31.2 Å². The minimum absolute atomic E-state index is 0.102. The molecule has 0 aliphatic heterocycles. The van der Waals surface area contributed by atoms with E-state index in [9.17, 15) is 4.39 Å². The van der Waals surface area contributed by atoms with Crippen LogP contribution in [0.5, 0.6) is 5.75 Å². The number of aryl methyl sites for hydroxylation is 1. The molecule has 0 spiro atoms. The second-order valence-electron chi connectivity index (χ2n) is 5.26. The first-order chi connectivity index (χ1) is 12.1. The van der Waals surface area contributed by atoms with E-state index in [1.165, 1.54) is 25.3 Å². The van der Waals surface area contributed by atoms with Crippen molar-refractivity contribution in [1.82, 2.24) is 25.1 Å². The quantitative estimate of drug-likeness (QED) is 0.588. The Bertz CT molecular complexity index is 1060. The van der Waals surface area contributed by atoms with Gasteiger partial charge >= 0.3 is 6.01 Å². The standard InChI is InChI=1S/C16H13FN6O2/c1-8-13-11(5-6-18-8)19-15(20-13)21-16-23-22-14(25-16)9-3-4-10(17)12(7-9)24-2/h3-7H,1-2H3,(H2,19,20,21,23). The number of aromatic amines is 1. The minimum Gasteiger partial charge on any atom is -0.494 e. The van der Waals surface area contributed by atoms with Gasteiger partial charge in [-0.2, -0.15) is 0 Å². The van der Waals surface area contributed by atoms with Gasteiger partial charge in [0.2, 0.25) is 11.8 Å². The first-order valence-corrected chi connectivity index (χ1v) is 7.40. The number of rotatable bonds is 4. The summed E-state index contributed by atoms with van der Waals surface area (Å²) in [4.78, 5) is 11.7. The highest BCUT2D eigenvalue weighted by Crippen LogP contribution is 2.27. The molecule has 3 aromatic heterocycles. The van der Waals surface area contributed by atoms with Gasteiger partial charge in [0, 0.05) is 11.8 Å². The monoisotopic (exact) mass is 340 g/mol. The second-order valence-corrected chi connectivity index (χ2v) is 5.26. The highest BCUT2D eigenvalue weighted by molar-refractivity contribution is 5.79. The molecule has 1 aromatic carbocycles. The Balaban J connectivity index is 1.61. The van der Waals surface area contributed by atoms with E-state index < -0.39 is 5.82 Å². The van der Waals surface area contributed by atoms with Crippen molar-refractivity contribution >= 4 is 23.0 Å². The summed E-state index contributed by atoms with van der Waals surface area (Å²) >= 11 is 0. The Labute approximate surface area is 141 Å². The van der Waals surface area contributed by atoms with Gasteiger partial charge < -0.3 is 14.1 Å². The van der Waals surface area contributed by atoms with Gasteiger partial charge in [0.15, 0.2) is 11.6 Å². The predicted molar refractivity (Wildman–Crippen MR) is 88.2 cm³/mol. The fourth-order valence-electron chi connectivity index (χ4n) is 2.41. The summed E-state index contributed by atoms with van der Waals surface area (Å²) in [5.41, 5.74) is 2.96. The second kappa shape index (κ2) is 5.86. The number of fused-ring (bicyclic) bond motifs is 1. The first kappa shape index (κ1) is 15.1. The van der Waals surface area contributed by atoms with E-state index in [1.54, 1.807) is 6.20 Å². The normalized spacial score (nSPS) is 11.0. The van der Waals surface area contributed by atoms with Crippen molar-refractivity contribution in [2.45, 2.75) is 6.92 Å². The van der Waals surface area contributed by atoms with Crippen molar-refractivity contribution in [3.05, 3.63) is 42.0 Å². The molecule has 0 atom stereocenters. The van der Waals surface area contributed by atoms with E-state index in [-0.39, 0.29) is 17.7 Å². The third kappa shape index (κ3) is 2.75. The number of hydrogen-bond donors (Lipinski definition) is 2. The Morgan fingerprint density at radius 1 is 1.24 bits per heavy atom. The molecule has 9 heteroatoms. The van der Waals surface area contributed by atoms with Crippen molar-refractivity contribution < 1.29 is 13.5 Å². The summed E-state index contributed by atoms with van der Waals surface area (Å²) in [6.45, 7) is 1.87. The number of imidazole rings is 1. The van der Waals surface area contributed by atoms with Crippen LogP contribution in [0.3, 0.4) is 0 Å². The number of methoxy groups -OCH3 is 1. The zero-order chi connectivity index (χ0) is 17.4. The van der Waals surface area contributed by atoms with Crippen LogP contribution >= 0.6 is 0 Å². The van der Waals surface area contributed by atoms with Crippen molar-refractivity contribution in [1.29, 1.82) is 0 Å². The zero-order valence-corrected chi connectivity index (χ0v) is 13.4. The number of pyridine rings is 1. The summed E-state index contributed by atoms with van der Waals surface area (Å²) in [6, 6.07) is 6.28. The van der Waals surface area contributed by atoms with Gasteiger partial charge in [0.05, 0.1) is 18.3 Å². The fraction of sp³-hybridized carbons (Fsp3) is 0.125. The van der Waals surface area contributed by atoms with E-state index >= 15 is 0 Å². The highest BCUT2D eigenvalue weighted by atomic mass is 19.1. The molecule has 4 aromatic rings. The Morgan fingerprint density at radius 2 is 2.12 bits per heavy atom. The SMILES string of the molecule is COc1cc(-c2nnc(Nc3nc4c(C)nccc4[nH]3)o2)ccc1F. The van der Waals surface area contributed by atoms with Gasteiger partial charge in [-0.1, -0.05) is 5.10 Å². The van der Waals surface area contributed by atoms with Crippen LogP contribution < -0.4 is 10.1 Å². The molecule has 2 N–H and O–H groups in total. The van der Waals surface area contributed by atoms with Gasteiger partial charge in [0.1, 0.15) is 5.52 Å². The average molecular weight is 340 g/mol. The van der Waals surface area contributed by atoms with Crippen LogP contribution in [-0.4, -0.2) is 32.3 Å². The van der Waals surface area contributed by atoms with Crippen molar-refractivity contribution in [2.75, 3.05) is 12.4 Å². The average Bonchev–Trinajstić information content (AvgIpc) is 3.23. The molecule has 4 rings (SSSR count). The summed E-state index contributed by atoms with van der Waals surface area (Å²) in [5, 5.41) is 10.8. The van der Waals surface area contributed by atoms with Gasteiger partial charge in [-0.3, -0.25) is 10.3 Å². The molecule has 3 heterocycles. The number of hydrogen-bond acceptors (Lipinski definition) is 7. The van der Waals surface area contributed by atoms with E-state index in [2.05, 4.69) is 30.5 Å². The molecular weight excluding hydrogens is 327 g/mol. The fourth-order valence-corrected chi connectivity index (χ4v) is 2.41. The molecule has 0 aliphatic carbocycles. The lowest BCUT2D eigenvalue weighted by Crippen LogP contribution is -1.92. The van der Waals surface area contributed by atoms with Gasteiger partial charge in [-0.25, -0.2) is 9.37 Å². The summed E-state index contributed by atoms with van der Waals surface area (Å²) in [5.74, 6) is 0.327. The van der Waals surface area contributed by atoms with E-state index in [1.807, 2.05) is 13.0 Å². The Kier molecular flexibility index (Phi) is 3.53. The summed E-state index contributed by atoms with van der Waals surface area (Å²) < 4.78 is 24.0. The molecule has 0 fully saturated rings. The molecule has 126 valence electrons. The van der Waals surface area contributed by atoms with Gasteiger partial charge in [0.25, 0.3) is 0 Å². The molecule has 0 amide bonds. The number of nitrogens with zero attached hydrogens (tertiary/aromatic N) is 4. The lowest BCUT2D eigenvalue weighted by molar-refractivity contribution is 0.386.